The van der Waals surface area contributed by atoms with Gasteiger partial charge in [0.2, 0.25) is 0 Å². The molecule has 0 aliphatic rings. The number of ether oxygens (including phenoxy) is 2. The van der Waals surface area contributed by atoms with E-state index in [9.17, 15) is 10.1 Å². The molecule has 2 aromatic rings. The molecule has 2 rings (SSSR count). The van der Waals surface area contributed by atoms with E-state index in [1.54, 1.807) is 6.92 Å². The Morgan fingerprint density at radius 1 is 1.44 bits per heavy atom. The molecule has 0 spiro atoms. The van der Waals surface area contributed by atoms with Crippen LogP contribution in [0.4, 0.5) is 0 Å². The molecule has 7 heteroatoms. The van der Waals surface area contributed by atoms with Gasteiger partial charge in [-0.05, 0) is 45.4 Å². The van der Waals surface area contributed by atoms with E-state index < -0.39 is 12.1 Å². The van der Waals surface area contributed by atoms with Gasteiger partial charge in [0.25, 0.3) is 0 Å². The number of carbonyl (C=O) groups excluding carboxylic acids is 1. The molecule has 0 aromatic carbocycles. The van der Waals surface area contributed by atoms with Crippen LogP contribution in [0.1, 0.15) is 29.6 Å². The molecule has 0 aliphatic carbocycles. The quantitative estimate of drug-likeness (QED) is 0.455. The maximum atomic E-state index is 12.1. The molecule has 0 saturated carbocycles. The Kier molecular flexibility index (Phi) is 5.78. The van der Waals surface area contributed by atoms with Crippen molar-refractivity contribution >= 4 is 12.0 Å². The highest BCUT2D eigenvalue weighted by molar-refractivity contribution is 5.98. The second kappa shape index (κ2) is 7.81. The van der Waals surface area contributed by atoms with Crippen molar-refractivity contribution in [1.82, 2.24) is 9.72 Å². The molecule has 7 nitrogen and oxygen atoms in total. The third-order valence-electron chi connectivity index (χ3n) is 3.66. The number of methoxy groups -OCH3 is 1. The standard InChI is InChI=1S/C18H21N3O4/c1-11-6-15(14(4)21(11)17-7-12(2)25-20-17)8-16(9-19)18(22)24-13(3)10-23-5/h6-8,13H,10H2,1-5H3/b16-8+. The summed E-state index contributed by atoms with van der Waals surface area (Å²) in [5.74, 6) is 0.684. The number of esters is 1. The molecular weight excluding hydrogens is 322 g/mol. The number of nitriles is 1. The molecular formula is C18H21N3O4. The van der Waals surface area contributed by atoms with Crippen molar-refractivity contribution in [3.63, 3.8) is 0 Å². The molecule has 132 valence electrons. The first-order chi connectivity index (χ1) is 11.9. The van der Waals surface area contributed by atoms with Gasteiger partial charge in [0, 0.05) is 24.6 Å². The summed E-state index contributed by atoms with van der Waals surface area (Å²) >= 11 is 0. The summed E-state index contributed by atoms with van der Waals surface area (Å²) in [6, 6.07) is 5.60. The molecule has 1 unspecified atom stereocenters. The molecule has 0 fully saturated rings. The average molecular weight is 343 g/mol. The fourth-order valence-electron chi connectivity index (χ4n) is 2.55. The van der Waals surface area contributed by atoms with Gasteiger partial charge < -0.3 is 14.0 Å². The second-order valence-corrected chi connectivity index (χ2v) is 5.80. The lowest BCUT2D eigenvalue weighted by atomic mass is 10.1. The minimum absolute atomic E-state index is 0.0699. The summed E-state index contributed by atoms with van der Waals surface area (Å²) in [5, 5.41) is 13.3. The fourth-order valence-corrected chi connectivity index (χ4v) is 2.55. The van der Waals surface area contributed by atoms with E-state index in [4.69, 9.17) is 14.0 Å². The first-order valence-corrected chi connectivity index (χ1v) is 7.81. The number of aryl methyl sites for hydroxylation is 2. The van der Waals surface area contributed by atoms with Crippen LogP contribution in [0.15, 0.2) is 22.2 Å². The molecule has 2 heterocycles. The van der Waals surface area contributed by atoms with Gasteiger partial charge in [0.15, 0.2) is 5.82 Å². The smallest absolute Gasteiger partial charge is 0.349 e. The summed E-state index contributed by atoms with van der Waals surface area (Å²) in [7, 11) is 1.52. The normalized spacial score (nSPS) is 12.7. The van der Waals surface area contributed by atoms with Crippen molar-refractivity contribution in [3.8, 4) is 11.9 Å². The van der Waals surface area contributed by atoms with E-state index in [2.05, 4.69) is 5.16 Å². The zero-order valence-corrected chi connectivity index (χ0v) is 15.0. The van der Waals surface area contributed by atoms with E-state index >= 15 is 0 Å². The van der Waals surface area contributed by atoms with Crippen LogP contribution in [-0.4, -0.2) is 35.5 Å². The van der Waals surface area contributed by atoms with Gasteiger partial charge in [-0.15, -0.1) is 0 Å². The summed E-state index contributed by atoms with van der Waals surface area (Å²) in [6.45, 7) is 7.59. The SMILES string of the molecule is COCC(C)OC(=O)/C(C#N)=C/c1cc(C)n(-c2cc(C)on2)c1C. The van der Waals surface area contributed by atoms with Crippen LogP contribution in [0.5, 0.6) is 0 Å². The van der Waals surface area contributed by atoms with E-state index in [0.29, 0.717) is 11.6 Å². The van der Waals surface area contributed by atoms with Gasteiger partial charge in [-0.2, -0.15) is 5.26 Å². The molecule has 0 bridgehead atoms. The highest BCUT2D eigenvalue weighted by atomic mass is 16.6. The van der Waals surface area contributed by atoms with Crippen LogP contribution in [0.2, 0.25) is 0 Å². The average Bonchev–Trinajstić information content (AvgIpc) is 3.08. The van der Waals surface area contributed by atoms with Crippen LogP contribution in [0, 0.1) is 32.1 Å². The lowest BCUT2D eigenvalue weighted by Crippen LogP contribution is -2.20. The first-order valence-electron chi connectivity index (χ1n) is 7.81. The Hall–Kier alpha value is -2.85. The van der Waals surface area contributed by atoms with Gasteiger partial charge in [-0.25, -0.2) is 4.79 Å². The van der Waals surface area contributed by atoms with Crippen LogP contribution in [-0.2, 0) is 14.3 Å². The summed E-state index contributed by atoms with van der Waals surface area (Å²) < 4.78 is 17.1. The Balaban J connectivity index is 2.33. The highest BCUT2D eigenvalue weighted by Gasteiger charge is 2.17. The monoisotopic (exact) mass is 343 g/mol. The lowest BCUT2D eigenvalue weighted by molar-refractivity contribution is -0.145. The Morgan fingerprint density at radius 2 is 2.16 bits per heavy atom. The maximum absolute atomic E-state index is 12.1. The van der Waals surface area contributed by atoms with Gasteiger partial charge >= 0.3 is 5.97 Å². The lowest BCUT2D eigenvalue weighted by Gasteiger charge is -2.11. The highest BCUT2D eigenvalue weighted by Crippen LogP contribution is 2.23. The van der Waals surface area contributed by atoms with Crippen LogP contribution < -0.4 is 0 Å². The molecule has 0 amide bonds. The molecule has 25 heavy (non-hydrogen) atoms. The van der Waals surface area contributed by atoms with Crippen molar-refractivity contribution in [2.75, 3.05) is 13.7 Å². The Morgan fingerprint density at radius 3 is 2.72 bits per heavy atom. The topological polar surface area (TPSA) is 90.3 Å². The number of hydrogen-bond donors (Lipinski definition) is 0. The summed E-state index contributed by atoms with van der Waals surface area (Å²) in [5.41, 5.74) is 2.43. The van der Waals surface area contributed by atoms with Crippen molar-refractivity contribution in [3.05, 3.63) is 40.4 Å². The van der Waals surface area contributed by atoms with Gasteiger partial charge in [-0.1, -0.05) is 5.16 Å². The van der Waals surface area contributed by atoms with Crippen LogP contribution in [0.3, 0.4) is 0 Å². The second-order valence-electron chi connectivity index (χ2n) is 5.80. The largest absolute Gasteiger partial charge is 0.456 e. The molecule has 2 aromatic heterocycles. The van der Waals surface area contributed by atoms with Gasteiger partial charge in [0.1, 0.15) is 23.5 Å². The number of aromatic nitrogens is 2. The third-order valence-corrected chi connectivity index (χ3v) is 3.66. The van der Waals surface area contributed by atoms with Crippen LogP contribution >= 0.6 is 0 Å². The number of hydrogen-bond acceptors (Lipinski definition) is 6. The van der Waals surface area contributed by atoms with E-state index in [-0.39, 0.29) is 12.2 Å². The van der Waals surface area contributed by atoms with E-state index in [1.165, 1.54) is 13.2 Å². The van der Waals surface area contributed by atoms with Crippen LogP contribution in [0.25, 0.3) is 11.9 Å². The zero-order chi connectivity index (χ0) is 18.6. The first kappa shape index (κ1) is 18.5. The Labute approximate surface area is 146 Å². The number of rotatable bonds is 6. The molecule has 0 saturated heterocycles. The van der Waals surface area contributed by atoms with E-state index in [0.717, 1.165) is 17.0 Å². The van der Waals surface area contributed by atoms with E-state index in [1.807, 2.05) is 43.5 Å². The predicted molar refractivity (Wildman–Crippen MR) is 91.1 cm³/mol. The predicted octanol–water partition coefficient (Wildman–Crippen LogP) is 2.88. The van der Waals surface area contributed by atoms with Crippen molar-refractivity contribution < 1.29 is 18.8 Å². The summed E-state index contributed by atoms with van der Waals surface area (Å²) in [4.78, 5) is 12.1. The minimum atomic E-state index is -0.672. The zero-order valence-electron chi connectivity index (χ0n) is 15.0. The van der Waals surface area contributed by atoms with Crippen molar-refractivity contribution in [2.24, 2.45) is 0 Å². The van der Waals surface area contributed by atoms with Gasteiger partial charge in [0.05, 0.1) is 6.61 Å². The fraction of sp³-hybridized carbons (Fsp3) is 0.389. The molecule has 0 aliphatic heterocycles. The third kappa shape index (κ3) is 4.17. The summed E-state index contributed by atoms with van der Waals surface area (Å²) in [6.07, 6.45) is 1.09. The number of nitrogens with zero attached hydrogens (tertiary/aromatic N) is 3. The molecule has 1 atom stereocenters. The van der Waals surface area contributed by atoms with Crippen molar-refractivity contribution in [1.29, 1.82) is 5.26 Å². The van der Waals surface area contributed by atoms with Crippen molar-refractivity contribution in [2.45, 2.75) is 33.8 Å². The Bertz CT molecular complexity index is 839. The number of carbonyl (C=O) groups is 1. The molecule has 0 N–H and O–H groups in total. The maximum Gasteiger partial charge on any atom is 0.349 e. The van der Waals surface area contributed by atoms with Gasteiger partial charge in [-0.3, -0.25) is 4.57 Å². The molecule has 0 radical (unpaired) electrons. The minimum Gasteiger partial charge on any atom is -0.456 e.